The molecule has 0 saturated heterocycles. The Labute approximate surface area is 191 Å². The molecule has 1 aliphatic rings. The summed E-state index contributed by atoms with van der Waals surface area (Å²) in [4.78, 5) is 0. The average molecular weight is 422 g/mol. The van der Waals surface area contributed by atoms with Crippen LogP contribution in [-0.2, 0) is 7.05 Å². The summed E-state index contributed by atoms with van der Waals surface area (Å²) >= 11 is 0. The van der Waals surface area contributed by atoms with Gasteiger partial charge in [-0.05, 0) is 65.3 Å². The van der Waals surface area contributed by atoms with Crippen molar-refractivity contribution in [1.29, 1.82) is 0 Å². The summed E-state index contributed by atoms with van der Waals surface area (Å²) in [5, 5.41) is 3.61. The molecule has 0 aliphatic heterocycles. The second-order valence-corrected chi connectivity index (χ2v) is 8.90. The first-order valence-corrected chi connectivity index (χ1v) is 11.7. The van der Waals surface area contributed by atoms with Crippen LogP contribution in [0.25, 0.3) is 27.9 Å². The Morgan fingerprint density at radius 1 is 0.656 bits per heavy atom. The SMILES string of the molecule is C[n+]1ccc(-c2cc[n+](-c3ccc(-c4ccc(NCC5CCCC5)cc4)cc3)cc2)cc1. The zero-order chi connectivity index (χ0) is 21.8. The second kappa shape index (κ2) is 9.35. The van der Waals surface area contributed by atoms with E-state index in [9.17, 15) is 0 Å². The fourth-order valence-electron chi connectivity index (χ4n) is 4.57. The molecular weight excluding hydrogens is 390 g/mol. The molecule has 0 amide bonds. The van der Waals surface area contributed by atoms with Gasteiger partial charge in [-0.2, -0.15) is 4.57 Å². The average Bonchev–Trinajstić information content (AvgIpc) is 3.38. The summed E-state index contributed by atoms with van der Waals surface area (Å²) < 4.78 is 4.21. The van der Waals surface area contributed by atoms with Gasteiger partial charge in [0.2, 0.25) is 5.69 Å². The van der Waals surface area contributed by atoms with Crippen LogP contribution in [0, 0.1) is 5.92 Å². The first-order valence-electron chi connectivity index (χ1n) is 11.7. The van der Waals surface area contributed by atoms with E-state index in [0.29, 0.717) is 0 Å². The molecule has 1 aliphatic carbocycles. The Hall–Kier alpha value is -3.46. The lowest BCUT2D eigenvalue weighted by Gasteiger charge is -2.12. The Bertz CT molecular complexity index is 1140. The van der Waals surface area contributed by atoms with Crippen molar-refractivity contribution in [3.8, 4) is 27.9 Å². The van der Waals surface area contributed by atoms with E-state index in [0.717, 1.165) is 18.2 Å². The van der Waals surface area contributed by atoms with Gasteiger partial charge in [-0.25, -0.2) is 4.57 Å². The van der Waals surface area contributed by atoms with Crippen molar-refractivity contribution in [3.63, 3.8) is 0 Å². The number of nitrogens with zero attached hydrogens (tertiary/aromatic N) is 2. The number of hydrogen-bond donors (Lipinski definition) is 1. The lowest BCUT2D eigenvalue weighted by Crippen LogP contribution is -2.29. The third kappa shape index (κ3) is 4.72. The van der Waals surface area contributed by atoms with Crippen molar-refractivity contribution >= 4 is 5.69 Å². The van der Waals surface area contributed by atoms with Gasteiger partial charge in [-0.1, -0.05) is 25.0 Å². The zero-order valence-electron chi connectivity index (χ0n) is 18.7. The minimum atomic E-state index is 0.852. The molecule has 2 aromatic heterocycles. The summed E-state index contributed by atoms with van der Waals surface area (Å²) in [6.45, 7) is 1.10. The first-order chi connectivity index (χ1) is 15.7. The van der Waals surface area contributed by atoms with E-state index in [4.69, 9.17) is 0 Å². The number of aromatic nitrogens is 2. The van der Waals surface area contributed by atoms with Gasteiger partial charge >= 0.3 is 0 Å². The van der Waals surface area contributed by atoms with Crippen molar-refractivity contribution in [2.24, 2.45) is 13.0 Å². The number of nitrogens with one attached hydrogen (secondary N) is 1. The molecule has 0 spiro atoms. The highest BCUT2D eigenvalue weighted by Crippen LogP contribution is 2.26. The maximum atomic E-state index is 3.61. The number of anilines is 1. The molecule has 32 heavy (non-hydrogen) atoms. The summed E-state index contributed by atoms with van der Waals surface area (Å²) in [6, 6.07) is 26.2. The van der Waals surface area contributed by atoms with Crippen molar-refractivity contribution in [1.82, 2.24) is 0 Å². The largest absolute Gasteiger partial charge is 0.385 e. The number of aryl methyl sites for hydroxylation is 1. The van der Waals surface area contributed by atoms with E-state index in [1.807, 2.05) is 7.05 Å². The van der Waals surface area contributed by atoms with E-state index in [2.05, 4.69) is 112 Å². The Morgan fingerprint density at radius 3 is 1.75 bits per heavy atom. The van der Waals surface area contributed by atoms with Gasteiger partial charge < -0.3 is 5.32 Å². The second-order valence-electron chi connectivity index (χ2n) is 8.90. The monoisotopic (exact) mass is 421 g/mol. The lowest BCUT2D eigenvalue weighted by molar-refractivity contribution is -0.671. The van der Waals surface area contributed by atoms with Crippen LogP contribution in [0.5, 0.6) is 0 Å². The molecule has 2 heterocycles. The van der Waals surface area contributed by atoms with E-state index >= 15 is 0 Å². The van der Waals surface area contributed by atoms with E-state index < -0.39 is 0 Å². The minimum absolute atomic E-state index is 0.852. The highest BCUT2D eigenvalue weighted by Gasteiger charge is 2.14. The molecule has 0 bridgehead atoms. The van der Waals surface area contributed by atoms with Crippen molar-refractivity contribution in [3.05, 3.63) is 97.6 Å². The Kier molecular flexibility index (Phi) is 5.98. The standard InChI is InChI=1S/C29H30N3/c1-31-18-14-26(15-19-31)27-16-20-32(21-17-27)29-12-8-25(9-13-29)24-6-10-28(11-7-24)30-22-23-4-2-3-5-23/h6-21,23H,2-5,22H2,1H3/q+1/p+1. The molecule has 0 radical (unpaired) electrons. The number of benzene rings is 2. The van der Waals surface area contributed by atoms with E-state index in [1.165, 1.54) is 53.6 Å². The summed E-state index contributed by atoms with van der Waals surface area (Å²) in [5.41, 5.74) is 7.33. The van der Waals surface area contributed by atoms with Gasteiger partial charge in [0.1, 0.15) is 7.05 Å². The van der Waals surface area contributed by atoms with E-state index in [-0.39, 0.29) is 0 Å². The maximum Gasteiger partial charge on any atom is 0.210 e. The molecule has 1 saturated carbocycles. The fourth-order valence-corrected chi connectivity index (χ4v) is 4.57. The summed E-state index contributed by atoms with van der Waals surface area (Å²) in [7, 11) is 2.04. The molecule has 1 fully saturated rings. The molecule has 2 aromatic carbocycles. The molecule has 3 heteroatoms. The highest BCUT2D eigenvalue weighted by atomic mass is 14.9. The van der Waals surface area contributed by atoms with Crippen molar-refractivity contribution in [2.45, 2.75) is 25.7 Å². The molecule has 3 nitrogen and oxygen atoms in total. The number of hydrogen-bond acceptors (Lipinski definition) is 1. The third-order valence-electron chi connectivity index (χ3n) is 6.59. The first kappa shape index (κ1) is 20.4. The molecule has 4 aromatic rings. The van der Waals surface area contributed by atoms with Gasteiger partial charge in [0.15, 0.2) is 24.8 Å². The fraction of sp³-hybridized carbons (Fsp3) is 0.241. The molecule has 5 rings (SSSR count). The Balaban J connectivity index is 1.25. The maximum absolute atomic E-state index is 3.61. The lowest BCUT2D eigenvalue weighted by atomic mass is 10.0. The molecule has 1 N–H and O–H groups in total. The van der Waals surface area contributed by atoms with Crippen LogP contribution in [0.3, 0.4) is 0 Å². The predicted molar refractivity (Wildman–Crippen MR) is 130 cm³/mol. The predicted octanol–water partition coefficient (Wildman–Crippen LogP) is 5.72. The molecule has 160 valence electrons. The normalized spacial score (nSPS) is 13.9. The quantitative estimate of drug-likeness (QED) is 0.395. The van der Waals surface area contributed by atoms with Gasteiger partial charge in [0, 0.05) is 48.6 Å². The highest BCUT2D eigenvalue weighted by molar-refractivity contribution is 5.66. The topological polar surface area (TPSA) is 19.8 Å². The van der Waals surface area contributed by atoms with Gasteiger partial charge in [-0.15, -0.1) is 0 Å². The van der Waals surface area contributed by atoms with Gasteiger partial charge in [0.05, 0.1) is 0 Å². The number of rotatable bonds is 6. The van der Waals surface area contributed by atoms with Crippen LogP contribution in [0.15, 0.2) is 97.6 Å². The van der Waals surface area contributed by atoms with Crippen LogP contribution in [0.4, 0.5) is 5.69 Å². The molecular formula is C29H31N3+2. The van der Waals surface area contributed by atoms with Gasteiger partial charge in [0.25, 0.3) is 0 Å². The summed E-state index contributed by atoms with van der Waals surface area (Å²) in [6.07, 6.45) is 14.0. The van der Waals surface area contributed by atoms with Crippen molar-refractivity contribution in [2.75, 3.05) is 11.9 Å². The third-order valence-corrected chi connectivity index (χ3v) is 6.59. The van der Waals surface area contributed by atoms with Gasteiger partial charge in [-0.3, -0.25) is 0 Å². The van der Waals surface area contributed by atoms with Crippen LogP contribution < -0.4 is 14.5 Å². The van der Waals surface area contributed by atoms with E-state index in [1.54, 1.807) is 0 Å². The minimum Gasteiger partial charge on any atom is -0.385 e. The molecule has 0 atom stereocenters. The van der Waals surface area contributed by atoms with Crippen LogP contribution >= 0.6 is 0 Å². The van der Waals surface area contributed by atoms with Crippen molar-refractivity contribution < 1.29 is 9.13 Å². The molecule has 0 unspecified atom stereocenters. The number of pyridine rings is 2. The van der Waals surface area contributed by atoms with Crippen LogP contribution in [-0.4, -0.2) is 6.54 Å². The smallest absolute Gasteiger partial charge is 0.210 e. The zero-order valence-corrected chi connectivity index (χ0v) is 18.7. The summed E-state index contributed by atoms with van der Waals surface area (Å²) in [5.74, 6) is 0.852. The Morgan fingerprint density at radius 2 is 1.16 bits per heavy atom. The van der Waals surface area contributed by atoms with Crippen LogP contribution in [0.1, 0.15) is 25.7 Å². The van der Waals surface area contributed by atoms with Crippen LogP contribution in [0.2, 0.25) is 0 Å².